The lowest BCUT2D eigenvalue weighted by molar-refractivity contribution is -0.385. The molecule has 0 radical (unpaired) electrons. The number of nitrogens with zero attached hydrogens (tertiary/aromatic N) is 1. The van der Waals surface area contributed by atoms with Gasteiger partial charge in [0.2, 0.25) is 5.91 Å². The number of primary amides is 1. The van der Waals surface area contributed by atoms with Gasteiger partial charge in [0, 0.05) is 0 Å². The number of rotatable bonds is 7. The van der Waals surface area contributed by atoms with E-state index in [0.29, 0.717) is 0 Å². The molecule has 0 spiro atoms. The third-order valence-corrected chi connectivity index (χ3v) is 3.59. The molecule has 1 aliphatic carbocycles. The number of benzene rings is 1. The van der Waals surface area contributed by atoms with Crippen LogP contribution in [0.3, 0.4) is 0 Å². The van der Waals surface area contributed by atoms with E-state index in [9.17, 15) is 14.9 Å². The van der Waals surface area contributed by atoms with Gasteiger partial charge in [-0.25, -0.2) is 0 Å². The highest BCUT2D eigenvalue weighted by molar-refractivity contribution is 5.85. The van der Waals surface area contributed by atoms with Crippen molar-refractivity contribution in [3.8, 4) is 11.5 Å². The van der Waals surface area contributed by atoms with Gasteiger partial charge in [0.15, 0.2) is 5.75 Å². The van der Waals surface area contributed by atoms with Gasteiger partial charge in [0.1, 0.15) is 17.9 Å². The largest absolute Gasteiger partial charge is 0.491 e. The number of hydrogen-bond donors (Lipinski definition) is 2. The molecule has 1 atom stereocenters. The number of ether oxygens (including phenoxy) is 2. The highest BCUT2D eigenvalue weighted by Gasteiger charge is 2.47. The maximum Gasteiger partial charge on any atom is 0.314 e. The van der Waals surface area contributed by atoms with Crippen LogP contribution in [0.15, 0.2) is 18.2 Å². The quantitative estimate of drug-likeness (QED) is 0.558. The number of amides is 1. The summed E-state index contributed by atoms with van der Waals surface area (Å²) in [5.41, 5.74) is 9.86. The van der Waals surface area contributed by atoms with Crippen molar-refractivity contribution in [3.63, 3.8) is 0 Å². The van der Waals surface area contributed by atoms with Gasteiger partial charge < -0.3 is 20.9 Å². The summed E-state index contributed by atoms with van der Waals surface area (Å²) in [5.74, 6) is -0.265. The van der Waals surface area contributed by atoms with Crippen LogP contribution in [0.5, 0.6) is 11.5 Å². The average Bonchev–Trinajstić information content (AvgIpc) is 3.29. The fourth-order valence-corrected chi connectivity index (χ4v) is 2.09. The topological polar surface area (TPSA) is 131 Å². The van der Waals surface area contributed by atoms with Gasteiger partial charge in [-0.15, -0.1) is 0 Å². The van der Waals surface area contributed by atoms with Crippen LogP contribution in [-0.2, 0) is 4.79 Å². The molecule has 0 saturated heterocycles. The first-order chi connectivity index (χ1) is 9.88. The number of nitro benzene ring substituents is 1. The van der Waals surface area contributed by atoms with Gasteiger partial charge in [-0.1, -0.05) is 0 Å². The molecule has 0 aromatic heterocycles. The van der Waals surface area contributed by atoms with Gasteiger partial charge >= 0.3 is 5.69 Å². The number of hydrogen-bond acceptors (Lipinski definition) is 6. The summed E-state index contributed by atoms with van der Waals surface area (Å²) in [6, 6.07) is 4.17. The van der Waals surface area contributed by atoms with Crippen LogP contribution in [0.4, 0.5) is 5.69 Å². The predicted molar refractivity (Wildman–Crippen MR) is 74.0 cm³/mol. The Morgan fingerprint density at radius 3 is 2.67 bits per heavy atom. The smallest absolute Gasteiger partial charge is 0.314 e. The van der Waals surface area contributed by atoms with Crippen LogP contribution in [-0.4, -0.2) is 30.1 Å². The van der Waals surface area contributed by atoms with Crippen molar-refractivity contribution in [3.05, 3.63) is 28.3 Å². The lowest BCUT2D eigenvalue weighted by Crippen LogP contribution is -2.58. The van der Waals surface area contributed by atoms with Gasteiger partial charge in [0.05, 0.1) is 18.1 Å². The molecule has 0 heterocycles. The van der Waals surface area contributed by atoms with E-state index in [0.717, 1.165) is 12.8 Å². The van der Waals surface area contributed by atoms with E-state index < -0.39 is 16.4 Å². The van der Waals surface area contributed by atoms with Crippen molar-refractivity contribution < 1.29 is 19.2 Å². The molecule has 0 bridgehead atoms. The van der Waals surface area contributed by atoms with Crippen LogP contribution < -0.4 is 20.9 Å². The molecule has 8 heteroatoms. The highest BCUT2D eigenvalue weighted by atomic mass is 16.6. The molecule has 2 rings (SSSR count). The minimum absolute atomic E-state index is 0.00299. The van der Waals surface area contributed by atoms with Crippen molar-refractivity contribution in [1.29, 1.82) is 0 Å². The van der Waals surface area contributed by atoms with Crippen LogP contribution in [0, 0.1) is 16.0 Å². The molecule has 1 aromatic carbocycles. The van der Waals surface area contributed by atoms with Crippen LogP contribution in [0.2, 0.25) is 0 Å². The number of carbonyl (C=O) groups is 1. The zero-order chi connectivity index (χ0) is 15.6. The fourth-order valence-electron chi connectivity index (χ4n) is 2.09. The second-order valence-electron chi connectivity index (χ2n) is 5.06. The van der Waals surface area contributed by atoms with Crippen molar-refractivity contribution in [2.24, 2.45) is 17.4 Å². The molecule has 1 amide bonds. The molecule has 1 saturated carbocycles. The lowest BCUT2D eigenvalue weighted by Gasteiger charge is -2.25. The number of nitro groups is 1. The van der Waals surface area contributed by atoms with E-state index in [1.807, 2.05) is 0 Å². The number of nitrogens with two attached hydrogens (primary N) is 2. The standard InChI is InChI=1S/C13H17N3O5/c1-20-11-5-4-9(6-10(11)16(18)19)21-7-13(15,12(14)17)8-2-3-8/h4-6,8H,2-3,7,15H2,1H3,(H2,14,17). The zero-order valence-electron chi connectivity index (χ0n) is 11.6. The Kier molecular flexibility index (Phi) is 3.99. The summed E-state index contributed by atoms with van der Waals surface area (Å²) in [6.07, 6.45) is 1.65. The van der Waals surface area contributed by atoms with E-state index in [-0.39, 0.29) is 29.7 Å². The zero-order valence-corrected chi connectivity index (χ0v) is 11.6. The minimum atomic E-state index is -1.24. The third kappa shape index (κ3) is 3.05. The van der Waals surface area contributed by atoms with Crippen LogP contribution in [0.25, 0.3) is 0 Å². The molecule has 4 N–H and O–H groups in total. The maximum atomic E-state index is 11.5. The van der Waals surface area contributed by atoms with E-state index in [2.05, 4.69) is 0 Å². The molecule has 114 valence electrons. The lowest BCUT2D eigenvalue weighted by atomic mass is 9.95. The SMILES string of the molecule is COc1ccc(OCC(N)(C(N)=O)C2CC2)cc1[N+](=O)[O-]. The molecule has 21 heavy (non-hydrogen) atoms. The summed E-state index contributed by atoms with van der Waals surface area (Å²) in [5, 5.41) is 10.9. The van der Waals surface area contributed by atoms with E-state index in [1.54, 1.807) is 0 Å². The van der Waals surface area contributed by atoms with Crippen molar-refractivity contribution in [2.75, 3.05) is 13.7 Å². The Morgan fingerprint density at radius 2 is 2.19 bits per heavy atom. The normalized spacial score (nSPS) is 16.9. The molecule has 1 fully saturated rings. The summed E-state index contributed by atoms with van der Waals surface area (Å²) >= 11 is 0. The molecule has 1 aromatic rings. The first-order valence-electron chi connectivity index (χ1n) is 6.42. The Morgan fingerprint density at radius 1 is 1.52 bits per heavy atom. The van der Waals surface area contributed by atoms with Crippen LogP contribution >= 0.6 is 0 Å². The van der Waals surface area contributed by atoms with Gasteiger partial charge in [-0.3, -0.25) is 14.9 Å². The number of carbonyl (C=O) groups excluding carboxylic acids is 1. The first-order valence-corrected chi connectivity index (χ1v) is 6.42. The van der Waals surface area contributed by atoms with Crippen molar-refractivity contribution in [1.82, 2.24) is 0 Å². The van der Waals surface area contributed by atoms with Gasteiger partial charge in [0.25, 0.3) is 0 Å². The Hall–Kier alpha value is -2.35. The first kappa shape index (κ1) is 15.0. The monoisotopic (exact) mass is 295 g/mol. The average molecular weight is 295 g/mol. The second kappa shape index (κ2) is 5.57. The maximum absolute atomic E-state index is 11.5. The van der Waals surface area contributed by atoms with Crippen molar-refractivity contribution >= 4 is 11.6 Å². The van der Waals surface area contributed by atoms with Gasteiger partial charge in [-0.05, 0) is 30.9 Å². The van der Waals surface area contributed by atoms with Crippen LogP contribution in [0.1, 0.15) is 12.8 Å². The Bertz CT molecular complexity index is 573. The number of methoxy groups -OCH3 is 1. The molecular weight excluding hydrogens is 278 g/mol. The summed E-state index contributed by atoms with van der Waals surface area (Å²) in [6.45, 7) is -0.115. The fraction of sp³-hybridized carbons (Fsp3) is 0.462. The molecular formula is C13H17N3O5. The Labute approximate surface area is 121 Å². The van der Waals surface area contributed by atoms with E-state index in [1.165, 1.54) is 25.3 Å². The highest BCUT2D eigenvalue weighted by Crippen LogP contribution is 2.39. The minimum Gasteiger partial charge on any atom is -0.491 e. The van der Waals surface area contributed by atoms with Gasteiger partial charge in [-0.2, -0.15) is 0 Å². The molecule has 1 unspecified atom stereocenters. The summed E-state index contributed by atoms with van der Waals surface area (Å²) < 4.78 is 10.3. The predicted octanol–water partition coefficient (Wildman–Crippen LogP) is 0.575. The summed E-state index contributed by atoms with van der Waals surface area (Å²) in [4.78, 5) is 21.8. The van der Waals surface area contributed by atoms with Crippen molar-refractivity contribution in [2.45, 2.75) is 18.4 Å². The van der Waals surface area contributed by atoms with E-state index >= 15 is 0 Å². The third-order valence-electron chi connectivity index (χ3n) is 3.59. The second-order valence-corrected chi connectivity index (χ2v) is 5.06. The van der Waals surface area contributed by atoms with E-state index in [4.69, 9.17) is 20.9 Å². The Balaban J connectivity index is 2.14. The molecule has 8 nitrogen and oxygen atoms in total. The molecule has 1 aliphatic rings. The molecule has 0 aliphatic heterocycles. The summed E-state index contributed by atoms with van der Waals surface area (Å²) in [7, 11) is 1.34.